The van der Waals surface area contributed by atoms with Crippen LogP contribution in [0.3, 0.4) is 0 Å². The molecule has 136 valence electrons. The van der Waals surface area contributed by atoms with Gasteiger partial charge in [-0.3, -0.25) is 9.59 Å². The van der Waals surface area contributed by atoms with Gasteiger partial charge in [0, 0.05) is 5.69 Å². The number of para-hydroxylation sites is 2. The maximum Gasteiger partial charge on any atom is 0.344 e. The molecule has 0 aliphatic rings. The van der Waals surface area contributed by atoms with Crippen LogP contribution in [-0.4, -0.2) is 31.0 Å². The number of carbonyl (C=O) groups is 3. The van der Waals surface area contributed by atoms with E-state index in [1.165, 1.54) is 12.1 Å². The molecule has 0 saturated heterocycles. The third kappa shape index (κ3) is 5.07. The van der Waals surface area contributed by atoms with Crippen LogP contribution in [0.25, 0.3) is 0 Å². The molecule has 2 rings (SSSR count). The molecule has 26 heavy (non-hydrogen) atoms. The van der Waals surface area contributed by atoms with Gasteiger partial charge in [-0.05, 0) is 37.1 Å². The highest BCUT2D eigenvalue weighted by molar-refractivity contribution is 5.96. The number of ether oxygens (including phenoxy) is 2. The molecule has 7 nitrogen and oxygen atoms in total. The molecular weight excluding hydrogens is 336 g/mol. The van der Waals surface area contributed by atoms with Gasteiger partial charge in [-0.15, -0.1) is 0 Å². The van der Waals surface area contributed by atoms with Gasteiger partial charge in [-0.1, -0.05) is 30.3 Å². The number of nitrogens with one attached hydrogen (secondary N) is 1. The highest BCUT2D eigenvalue weighted by Crippen LogP contribution is 2.19. The number of hydrogen-bond acceptors (Lipinski definition) is 5. The number of carbonyl (C=O) groups excluding carboxylic acids is 3. The second-order valence-corrected chi connectivity index (χ2v) is 5.62. The first-order valence-electron chi connectivity index (χ1n) is 7.92. The molecule has 0 aliphatic carbocycles. The highest BCUT2D eigenvalue weighted by atomic mass is 16.6. The first-order valence-corrected chi connectivity index (χ1v) is 7.92. The van der Waals surface area contributed by atoms with Gasteiger partial charge in [0.25, 0.3) is 11.8 Å². The Balaban J connectivity index is 1.84. The number of anilines is 1. The van der Waals surface area contributed by atoms with Crippen molar-refractivity contribution in [2.45, 2.75) is 13.8 Å². The molecule has 7 heteroatoms. The molecule has 2 amide bonds. The van der Waals surface area contributed by atoms with Crippen LogP contribution in [0.5, 0.6) is 5.75 Å². The molecule has 0 fully saturated rings. The van der Waals surface area contributed by atoms with Crippen molar-refractivity contribution in [2.75, 3.05) is 18.5 Å². The Kier molecular flexibility index (Phi) is 6.32. The van der Waals surface area contributed by atoms with Crippen LogP contribution in [0.4, 0.5) is 5.69 Å². The normalized spacial score (nSPS) is 10.1. The average Bonchev–Trinajstić information content (AvgIpc) is 2.61. The monoisotopic (exact) mass is 356 g/mol. The fourth-order valence-electron chi connectivity index (χ4n) is 2.31. The second kappa shape index (κ2) is 8.66. The van der Waals surface area contributed by atoms with Crippen molar-refractivity contribution in [1.82, 2.24) is 0 Å². The second-order valence-electron chi connectivity index (χ2n) is 5.62. The number of esters is 1. The molecule has 0 heterocycles. The van der Waals surface area contributed by atoms with Crippen molar-refractivity contribution in [3.8, 4) is 5.75 Å². The number of rotatable bonds is 7. The van der Waals surface area contributed by atoms with Crippen LogP contribution >= 0.6 is 0 Å². The Labute approximate surface area is 151 Å². The predicted molar refractivity (Wildman–Crippen MR) is 96.0 cm³/mol. The zero-order valence-electron chi connectivity index (χ0n) is 14.6. The minimum absolute atomic E-state index is 0.160. The fourth-order valence-corrected chi connectivity index (χ4v) is 2.31. The largest absolute Gasteiger partial charge is 0.481 e. The van der Waals surface area contributed by atoms with E-state index >= 15 is 0 Å². The lowest BCUT2D eigenvalue weighted by Gasteiger charge is -2.12. The van der Waals surface area contributed by atoms with Crippen molar-refractivity contribution in [2.24, 2.45) is 5.73 Å². The third-order valence-corrected chi connectivity index (χ3v) is 3.61. The topological polar surface area (TPSA) is 108 Å². The van der Waals surface area contributed by atoms with Gasteiger partial charge < -0.3 is 20.5 Å². The molecule has 0 spiro atoms. The summed E-state index contributed by atoms with van der Waals surface area (Å²) in [5, 5.41) is 2.71. The SMILES string of the molecule is Cc1cccc(C)c1NC(=O)COC(=O)COc1ccccc1C(N)=O. The lowest BCUT2D eigenvalue weighted by molar-refractivity contribution is -0.149. The molecule has 2 aromatic carbocycles. The van der Waals surface area contributed by atoms with E-state index in [0.29, 0.717) is 5.69 Å². The smallest absolute Gasteiger partial charge is 0.344 e. The number of benzene rings is 2. The maximum absolute atomic E-state index is 11.9. The van der Waals surface area contributed by atoms with Gasteiger partial charge in [-0.25, -0.2) is 4.79 Å². The summed E-state index contributed by atoms with van der Waals surface area (Å²) < 4.78 is 10.1. The van der Waals surface area contributed by atoms with E-state index in [2.05, 4.69) is 5.32 Å². The highest BCUT2D eigenvalue weighted by Gasteiger charge is 2.13. The molecule has 0 aromatic heterocycles. The van der Waals surface area contributed by atoms with Crippen molar-refractivity contribution in [3.63, 3.8) is 0 Å². The summed E-state index contributed by atoms with van der Waals surface area (Å²) in [4.78, 5) is 35.0. The molecule has 0 radical (unpaired) electrons. The lowest BCUT2D eigenvalue weighted by atomic mass is 10.1. The Morgan fingerprint density at radius 3 is 2.27 bits per heavy atom. The molecule has 0 aliphatic heterocycles. The lowest BCUT2D eigenvalue weighted by Crippen LogP contribution is -2.24. The van der Waals surface area contributed by atoms with Crippen molar-refractivity contribution in [3.05, 3.63) is 59.2 Å². The average molecular weight is 356 g/mol. The molecular formula is C19H20N2O5. The zero-order valence-corrected chi connectivity index (χ0v) is 14.6. The van der Waals surface area contributed by atoms with E-state index in [-0.39, 0.29) is 11.3 Å². The maximum atomic E-state index is 11.9. The van der Waals surface area contributed by atoms with Gasteiger partial charge in [-0.2, -0.15) is 0 Å². The van der Waals surface area contributed by atoms with Crippen molar-refractivity contribution < 1.29 is 23.9 Å². The van der Waals surface area contributed by atoms with E-state index in [9.17, 15) is 14.4 Å². The molecule has 2 aromatic rings. The molecule has 0 bridgehead atoms. The minimum atomic E-state index is -0.735. The zero-order chi connectivity index (χ0) is 19.1. The summed E-state index contributed by atoms with van der Waals surface area (Å²) in [6, 6.07) is 11.9. The van der Waals surface area contributed by atoms with E-state index < -0.39 is 31.0 Å². The standard InChI is InChI=1S/C19H20N2O5/c1-12-6-5-7-13(2)18(12)21-16(22)10-26-17(23)11-25-15-9-4-3-8-14(15)19(20)24/h3-9H,10-11H2,1-2H3,(H2,20,24)(H,21,22). The van der Waals surface area contributed by atoms with Crippen LogP contribution in [-0.2, 0) is 14.3 Å². The fraction of sp³-hybridized carbons (Fsp3) is 0.211. The quantitative estimate of drug-likeness (QED) is 0.738. The van der Waals surface area contributed by atoms with Crippen LogP contribution in [0, 0.1) is 13.8 Å². The predicted octanol–water partition coefficient (Wildman–Crippen LogP) is 1.96. The van der Waals surface area contributed by atoms with Crippen molar-refractivity contribution >= 4 is 23.5 Å². The van der Waals surface area contributed by atoms with E-state index in [4.69, 9.17) is 15.2 Å². The first-order chi connectivity index (χ1) is 12.4. The van der Waals surface area contributed by atoms with Gasteiger partial charge in [0.2, 0.25) is 0 Å². The van der Waals surface area contributed by atoms with E-state index in [1.807, 2.05) is 32.0 Å². The first kappa shape index (κ1) is 19.0. The summed E-state index contributed by atoms with van der Waals surface area (Å²) in [6.07, 6.45) is 0. The molecule has 3 N–H and O–H groups in total. The summed E-state index contributed by atoms with van der Waals surface area (Å²) in [6.45, 7) is 2.87. The van der Waals surface area contributed by atoms with Crippen LogP contribution in [0.2, 0.25) is 0 Å². The minimum Gasteiger partial charge on any atom is -0.481 e. The van der Waals surface area contributed by atoms with Crippen molar-refractivity contribution in [1.29, 1.82) is 0 Å². The summed E-state index contributed by atoms with van der Waals surface area (Å²) in [5.74, 6) is -1.67. The van der Waals surface area contributed by atoms with Gasteiger partial charge in [0.15, 0.2) is 13.2 Å². The summed E-state index contributed by atoms with van der Waals surface area (Å²) in [5.41, 5.74) is 7.91. The van der Waals surface area contributed by atoms with Gasteiger partial charge >= 0.3 is 5.97 Å². The number of amides is 2. The Morgan fingerprint density at radius 1 is 0.962 bits per heavy atom. The number of primary amides is 1. The summed E-state index contributed by atoms with van der Waals surface area (Å²) in [7, 11) is 0. The Hall–Kier alpha value is -3.35. The van der Waals surface area contributed by atoms with Crippen LogP contribution in [0.15, 0.2) is 42.5 Å². The Bertz CT molecular complexity index is 812. The van der Waals surface area contributed by atoms with Crippen LogP contribution < -0.4 is 15.8 Å². The molecule has 0 saturated carbocycles. The number of hydrogen-bond donors (Lipinski definition) is 2. The van der Waals surface area contributed by atoms with E-state index in [1.54, 1.807) is 12.1 Å². The molecule has 0 unspecified atom stereocenters. The Morgan fingerprint density at radius 2 is 1.62 bits per heavy atom. The molecule has 0 atom stereocenters. The van der Waals surface area contributed by atoms with Gasteiger partial charge in [0.1, 0.15) is 5.75 Å². The third-order valence-electron chi connectivity index (χ3n) is 3.61. The number of nitrogens with two attached hydrogens (primary N) is 1. The summed E-state index contributed by atoms with van der Waals surface area (Å²) >= 11 is 0. The van der Waals surface area contributed by atoms with Gasteiger partial charge in [0.05, 0.1) is 5.56 Å². The number of aryl methyl sites for hydroxylation is 2. The van der Waals surface area contributed by atoms with E-state index in [0.717, 1.165) is 11.1 Å². The van der Waals surface area contributed by atoms with Crippen LogP contribution in [0.1, 0.15) is 21.5 Å².